The summed E-state index contributed by atoms with van der Waals surface area (Å²) in [6.07, 6.45) is 3.12. The Hall–Kier alpha value is -0.400. The Kier molecular flexibility index (Phi) is 5.25. The minimum Gasteiger partial charge on any atom is -0.375 e. The Bertz CT molecular complexity index is 302. The van der Waals surface area contributed by atoms with E-state index in [1.807, 2.05) is 0 Å². The molecule has 0 aromatic heterocycles. The first kappa shape index (κ1) is 16.0. The fraction of sp³-hybridized carbons (Fsp3) is 1.00. The first-order valence-corrected chi connectivity index (χ1v) is 6.97. The largest absolute Gasteiger partial charge is 0.375 e. The van der Waals surface area contributed by atoms with Crippen LogP contribution >= 0.6 is 0 Å². The molecule has 1 aliphatic heterocycles. The van der Waals surface area contributed by atoms with Gasteiger partial charge in [-0.15, -0.1) is 0 Å². The molecule has 0 aromatic carbocycles. The lowest BCUT2D eigenvalue weighted by atomic mass is 10.2. The first-order valence-electron chi connectivity index (χ1n) is 6.97. The van der Waals surface area contributed by atoms with Gasteiger partial charge in [0.15, 0.2) is 6.29 Å². The molecule has 0 N–H and O–H groups in total. The predicted octanol–water partition coefficient (Wildman–Crippen LogP) is 3.23. The summed E-state index contributed by atoms with van der Waals surface area (Å²) in [4.78, 5) is 0. The average molecular weight is 300 g/mol. The van der Waals surface area contributed by atoms with Crippen molar-refractivity contribution in [2.45, 2.75) is 50.2 Å². The zero-order chi connectivity index (χ0) is 14.6. The molecule has 1 aliphatic carbocycles. The second kappa shape index (κ2) is 6.58. The number of alkyl halides is 4. The van der Waals surface area contributed by atoms with E-state index < -0.39 is 31.3 Å². The average Bonchev–Trinajstić information content (AvgIpc) is 3.21. The minimum atomic E-state index is -4.25. The summed E-state index contributed by atoms with van der Waals surface area (Å²) in [5, 5.41) is 0. The molecule has 1 saturated carbocycles. The minimum absolute atomic E-state index is 0.123. The molecule has 1 saturated heterocycles. The second-order valence-electron chi connectivity index (χ2n) is 5.47. The highest BCUT2D eigenvalue weighted by Gasteiger charge is 2.57. The topological polar surface area (TPSA) is 27.7 Å². The Labute approximate surface area is 115 Å². The molecule has 1 unspecified atom stereocenters. The van der Waals surface area contributed by atoms with Gasteiger partial charge in [0.1, 0.15) is 13.2 Å². The molecule has 3 nitrogen and oxygen atoms in total. The van der Waals surface area contributed by atoms with Gasteiger partial charge in [0.25, 0.3) is 0 Å². The third kappa shape index (κ3) is 4.56. The number of rotatable bonds is 8. The van der Waals surface area contributed by atoms with Crippen LogP contribution in [0.15, 0.2) is 0 Å². The van der Waals surface area contributed by atoms with E-state index in [2.05, 4.69) is 4.74 Å². The van der Waals surface area contributed by atoms with Crippen LogP contribution in [0.3, 0.4) is 0 Å². The van der Waals surface area contributed by atoms with Crippen LogP contribution in [0.1, 0.15) is 32.1 Å². The Morgan fingerprint density at radius 1 is 0.950 bits per heavy atom. The number of ether oxygens (including phenoxy) is 3. The molecule has 2 aliphatic rings. The summed E-state index contributed by atoms with van der Waals surface area (Å²) >= 11 is 0. The van der Waals surface area contributed by atoms with Crippen molar-refractivity contribution >= 4 is 0 Å². The monoisotopic (exact) mass is 300 g/mol. The third-order valence-electron chi connectivity index (χ3n) is 3.46. The zero-order valence-corrected chi connectivity index (χ0v) is 11.3. The highest BCUT2D eigenvalue weighted by molar-refractivity contribution is 4.85. The molecule has 1 atom stereocenters. The normalized spacial score (nSPS) is 24.9. The molecular weight excluding hydrogens is 280 g/mol. The van der Waals surface area contributed by atoms with Crippen molar-refractivity contribution in [3.63, 3.8) is 0 Å². The van der Waals surface area contributed by atoms with E-state index in [4.69, 9.17) is 9.47 Å². The van der Waals surface area contributed by atoms with E-state index in [1.165, 1.54) is 0 Å². The van der Waals surface area contributed by atoms with Crippen LogP contribution in [0.5, 0.6) is 0 Å². The third-order valence-corrected chi connectivity index (χ3v) is 3.46. The molecule has 7 heteroatoms. The van der Waals surface area contributed by atoms with Crippen molar-refractivity contribution in [3.8, 4) is 0 Å². The molecule has 0 radical (unpaired) electrons. The molecule has 0 bridgehead atoms. The number of halogens is 4. The molecule has 0 spiro atoms. The van der Waals surface area contributed by atoms with Gasteiger partial charge in [-0.05, 0) is 38.0 Å². The van der Waals surface area contributed by atoms with Crippen LogP contribution < -0.4 is 0 Å². The molecule has 2 rings (SSSR count). The van der Waals surface area contributed by atoms with E-state index in [1.54, 1.807) is 0 Å². The van der Waals surface area contributed by atoms with Crippen LogP contribution in [0.4, 0.5) is 17.6 Å². The lowest BCUT2D eigenvalue weighted by Gasteiger charge is -2.29. The van der Waals surface area contributed by atoms with Gasteiger partial charge in [-0.1, -0.05) is 0 Å². The highest BCUT2D eigenvalue weighted by Crippen LogP contribution is 2.36. The van der Waals surface area contributed by atoms with Crippen molar-refractivity contribution in [1.29, 1.82) is 0 Å². The van der Waals surface area contributed by atoms with E-state index in [9.17, 15) is 17.6 Å². The molecule has 0 aromatic rings. The molecule has 118 valence electrons. The highest BCUT2D eigenvalue weighted by atomic mass is 19.3. The van der Waals surface area contributed by atoms with Crippen molar-refractivity contribution in [2.24, 2.45) is 5.92 Å². The molecular formula is C13H20F4O3. The summed E-state index contributed by atoms with van der Waals surface area (Å²) in [6, 6.07) is 0. The Morgan fingerprint density at radius 3 is 2.25 bits per heavy atom. The van der Waals surface area contributed by atoms with Gasteiger partial charge >= 0.3 is 11.8 Å². The van der Waals surface area contributed by atoms with Gasteiger partial charge in [-0.2, -0.15) is 17.6 Å². The van der Waals surface area contributed by atoms with Crippen molar-refractivity contribution in [2.75, 3.05) is 26.4 Å². The van der Waals surface area contributed by atoms with Gasteiger partial charge in [0.05, 0.1) is 0 Å². The van der Waals surface area contributed by atoms with Gasteiger partial charge in [0, 0.05) is 13.2 Å². The van der Waals surface area contributed by atoms with Crippen molar-refractivity contribution < 1.29 is 31.8 Å². The van der Waals surface area contributed by atoms with Gasteiger partial charge in [-0.3, -0.25) is 0 Å². The van der Waals surface area contributed by atoms with E-state index in [-0.39, 0.29) is 12.5 Å². The van der Waals surface area contributed by atoms with Crippen molar-refractivity contribution in [1.82, 2.24) is 0 Å². The Balaban J connectivity index is 1.73. The Morgan fingerprint density at radius 2 is 1.65 bits per heavy atom. The zero-order valence-electron chi connectivity index (χ0n) is 11.3. The second-order valence-corrected chi connectivity index (χ2v) is 5.47. The maximum Gasteiger partial charge on any atom is 0.335 e. The predicted molar refractivity (Wildman–Crippen MR) is 63.0 cm³/mol. The first-order chi connectivity index (χ1) is 9.41. The summed E-state index contributed by atoms with van der Waals surface area (Å²) in [5.74, 6) is -8.22. The van der Waals surface area contributed by atoms with Crippen LogP contribution in [0.2, 0.25) is 0 Å². The van der Waals surface area contributed by atoms with E-state index in [0.717, 1.165) is 25.7 Å². The summed E-state index contributed by atoms with van der Waals surface area (Å²) < 4.78 is 68.4. The lowest BCUT2D eigenvalue weighted by molar-refractivity contribution is -0.276. The molecule has 2 fully saturated rings. The van der Waals surface area contributed by atoms with E-state index in [0.29, 0.717) is 13.0 Å². The van der Waals surface area contributed by atoms with Crippen LogP contribution in [-0.2, 0) is 14.2 Å². The van der Waals surface area contributed by atoms with Crippen LogP contribution in [0.25, 0.3) is 0 Å². The molecule has 0 amide bonds. The van der Waals surface area contributed by atoms with E-state index >= 15 is 0 Å². The smallest absolute Gasteiger partial charge is 0.335 e. The summed E-state index contributed by atoms with van der Waals surface area (Å²) in [7, 11) is 0. The quantitative estimate of drug-likeness (QED) is 0.644. The summed E-state index contributed by atoms with van der Waals surface area (Å²) in [6.45, 7) is -2.09. The van der Waals surface area contributed by atoms with Crippen LogP contribution in [0, 0.1) is 5.92 Å². The molecule has 20 heavy (non-hydrogen) atoms. The number of hydrogen-bond donors (Lipinski definition) is 0. The molecule has 1 heterocycles. The standard InChI is InChI=1S/C13H20F4O3/c14-12(15,8-18-7-10-4-5-10)13(16,17)9-20-11-3-1-2-6-19-11/h10-11H,1-9H2. The summed E-state index contributed by atoms with van der Waals surface area (Å²) in [5.41, 5.74) is 0. The maximum absolute atomic E-state index is 13.5. The van der Waals surface area contributed by atoms with Crippen LogP contribution in [-0.4, -0.2) is 44.6 Å². The SMILES string of the molecule is FC(F)(COCC1CC1)C(F)(F)COC1CCCCO1. The van der Waals surface area contributed by atoms with Gasteiger partial charge in [0.2, 0.25) is 0 Å². The van der Waals surface area contributed by atoms with Gasteiger partial charge in [-0.25, -0.2) is 0 Å². The fourth-order valence-corrected chi connectivity index (χ4v) is 1.89. The van der Waals surface area contributed by atoms with Crippen molar-refractivity contribution in [3.05, 3.63) is 0 Å². The maximum atomic E-state index is 13.5. The fourth-order valence-electron chi connectivity index (χ4n) is 1.89. The van der Waals surface area contributed by atoms with Gasteiger partial charge < -0.3 is 14.2 Å². The number of hydrogen-bond acceptors (Lipinski definition) is 3. The lowest BCUT2D eigenvalue weighted by Crippen LogP contribution is -2.48.